The molecule has 2 aromatic heterocycles. The van der Waals surface area contributed by atoms with Crippen LogP contribution in [0.4, 0.5) is 0 Å². The molecule has 0 aliphatic rings. The smallest absolute Gasteiger partial charge is 0.0912 e. The van der Waals surface area contributed by atoms with Crippen molar-refractivity contribution in [2.45, 2.75) is 6.04 Å². The summed E-state index contributed by atoms with van der Waals surface area (Å²) in [6.07, 6.45) is 5.40. The molecule has 2 heterocycles. The fourth-order valence-corrected chi connectivity index (χ4v) is 2.12. The first-order valence-corrected chi connectivity index (χ1v) is 6.11. The Kier molecular flexibility index (Phi) is 3.08. The summed E-state index contributed by atoms with van der Waals surface area (Å²) in [6, 6.07) is 13.6. The molecule has 3 aromatic rings. The second kappa shape index (κ2) is 5.04. The molecule has 0 aliphatic heterocycles. The average molecular weight is 250 g/mol. The van der Waals surface area contributed by atoms with Crippen molar-refractivity contribution in [3.63, 3.8) is 0 Å². The van der Waals surface area contributed by atoms with Gasteiger partial charge in [0.15, 0.2) is 0 Å². The molecule has 0 saturated carbocycles. The van der Waals surface area contributed by atoms with Crippen molar-refractivity contribution in [1.82, 2.24) is 15.2 Å². The van der Waals surface area contributed by atoms with E-state index in [1.165, 1.54) is 0 Å². The molecule has 4 heteroatoms. The normalized spacial score (nSPS) is 12.3. The number of hydrogen-bond donors (Lipinski definition) is 2. The van der Waals surface area contributed by atoms with E-state index in [9.17, 15) is 0 Å². The van der Waals surface area contributed by atoms with Crippen molar-refractivity contribution in [3.8, 4) is 11.1 Å². The largest absolute Gasteiger partial charge is 0.319 e. The molecule has 3 N–H and O–H groups in total. The molecule has 0 aliphatic carbocycles. The first-order valence-electron chi connectivity index (χ1n) is 6.11. The van der Waals surface area contributed by atoms with Crippen molar-refractivity contribution >= 4 is 0 Å². The highest BCUT2D eigenvalue weighted by atomic mass is 15.1. The van der Waals surface area contributed by atoms with E-state index < -0.39 is 0 Å². The third-order valence-corrected chi connectivity index (χ3v) is 3.11. The molecule has 0 bridgehead atoms. The Hall–Kier alpha value is -2.46. The summed E-state index contributed by atoms with van der Waals surface area (Å²) < 4.78 is 0. The van der Waals surface area contributed by atoms with Crippen LogP contribution in [0.15, 0.2) is 61.1 Å². The fourth-order valence-electron chi connectivity index (χ4n) is 2.12. The Morgan fingerprint density at radius 3 is 2.47 bits per heavy atom. The molecule has 0 amide bonds. The van der Waals surface area contributed by atoms with Gasteiger partial charge in [0, 0.05) is 24.2 Å². The van der Waals surface area contributed by atoms with Gasteiger partial charge in [-0.15, -0.1) is 0 Å². The van der Waals surface area contributed by atoms with E-state index in [2.05, 4.69) is 15.2 Å². The van der Waals surface area contributed by atoms with Gasteiger partial charge in [-0.05, 0) is 23.3 Å². The maximum atomic E-state index is 6.30. The molecule has 0 saturated heterocycles. The minimum absolute atomic E-state index is 0.240. The first-order chi connectivity index (χ1) is 9.36. The van der Waals surface area contributed by atoms with Gasteiger partial charge in [-0.1, -0.05) is 30.3 Å². The number of benzene rings is 1. The lowest BCUT2D eigenvalue weighted by molar-refractivity contribution is 0.818. The SMILES string of the molecule is N[C@@H](c1ccccc1)c1n[nH]cc1-c1ccncc1. The van der Waals surface area contributed by atoms with Crippen LogP contribution < -0.4 is 5.73 Å². The predicted molar refractivity (Wildman–Crippen MR) is 74.3 cm³/mol. The number of pyridine rings is 1. The number of nitrogens with one attached hydrogen (secondary N) is 1. The van der Waals surface area contributed by atoms with Crippen molar-refractivity contribution in [2.24, 2.45) is 5.73 Å². The highest BCUT2D eigenvalue weighted by Gasteiger charge is 2.16. The third-order valence-electron chi connectivity index (χ3n) is 3.11. The van der Waals surface area contributed by atoms with E-state index in [4.69, 9.17) is 5.73 Å². The number of H-pyrrole nitrogens is 1. The topological polar surface area (TPSA) is 67.6 Å². The number of nitrogens with two attached hydrogens (primary N) is 1. The standard InChI is InChI=1S/C15H14N4/c16-14(12-4-2-1-3-5-12)15-13(10-18-19-15)11-6-8-17-9-7-11/h1-10,14H,16H2,(H,18,19)/t14-/m0/s1. The zero-order valence-electron chi connectivity index (χ0n) is 10.3. The lowest BCUT2D eigenvalue weighted by Gasteiger charge is -2.11. The van der Waals surface area contributed by atoms with Crippen LogP contribution >= 0.6 is 0 Å². The minimum Gasteiger partial charge on any atom is -0.319 e. The summed E-state index contributed by atoms with van der Waals surface area (Å²) >= 11 is 0. The van der Waals surface area contributed by atoms with Crippen molar-refractivity contribution in [2.75, 3.05) is 0 Å². The molecule has 1 atom stereocenters. The predicted octanol–water partition coefficient (Wildman–Crippen LogP) is 2.52. The molecule has 1 aromatic carbocycles. The third kappa shape index (κ3) is 2.26. The van der Waals surface area contributed by atoms with Crippen LogP contribution in [0.25, 0.3) is 11.1 Å². The summed E-state index contributed by atoms with van der Waals surface area (Å²) in [6.45, 7) is 0. The van der Waals surface area contributed by atoms with Gasteiger partial charge in [0.2, 0.25) is 0 Å². The fraction of sp³-hybridized carbons (Fsp3) is 0.0667. The quantitative estimate of drug-likeness (QED) is 0.750. The first kappa shape index (κ1) is 11.6. The lowest BCUT2D eigenvalue weighted by Crippen LogP contribution is -2.13. The summed E-state index contributed by atoms with van der Waals surface area (Å²) in [4.78, 5) is 4.03. The van der Waals surface area contributed by atoms with Crippen LogP contribution in [-0.4, -0.2) is 15.2 Å². The van der Waals surface area contributed by atoms with Crippen LogP contribution in [0.2, 0.25) is 0 Å². The van der Waals surface area contributed by atoms with Crippen LogP contribution in [0, 0.1) is 0 Å². The Balaban J connectivity index is 2.01. The van der Waals surface area contributed by atoms with Crippen molar-refractivity contribution in [1.29, 1.82) is 0 Å². The summed E-state index contributed by atoms with van der Waals surface area (Å²) in [5, 5.41) is 7.20. The maximum absolute atomic E-state index is 6.30. The van der Waals surface area contributed by atoms with E-state index >= 15 is 0 Å². The second-order valence-corrected chi connectivity index (χ2v) is 4.31. The number of rotatable bonds is 3. The molecule has 0 spiro atoms. The van der Waals surface area contributed by atoms with Gasteiger partial charge < -0.3 is 5.73 Å². The number of aromatic nitrogens is 3. The van der Waals surface area contributed by atoms with E-state index in [0.717, 1.165) is 22.4 Å². The van der Waals surface area contributed by atoms with E-state index in [1.807, 2.05) is 48.7 Å². The van der Waals surface area contributed by atoms with E-state index in [0.29, 0.717) is 0 Å². The Labute approximate surface area is 111 Å². The summed E-state index contributed by atoms with van der Waals surface area (Å²) in [7, 11) is 0. The van der Waals surface area contributed by atoms with Crippen molar-refractivity contribution in [3.05, 3.63) is 72.3 Å². The molecule has 19 heavy (non-hydrogen) atoms. The molecule has 0 radical (unpaired) electrons. The number of nitrogens with zero attached hydrogens (tertiary/aromatic N) is 2. The van der Waals surface area contributed by atoms with Gasteiger partial charge in [-0.2, -0.15) is 5.10 Å². The lowest BCUT2D eigenvalue weighted by atomic mass is 9.99. The van der Waals surface area contributed by atoms with Gasteiger partial charge in [0.1, 0.15) is 0 Å². The monoisotopic (exact) mass is 250 g/mol. The molecule has 0 fully saturated rings. The summed E-state index contributed by atoms with van der Waals surface area (Å²) in [5.41, 5.74) is 10.3. The van der Waals surface area contributed by atoms with Crippen LogP contribution in [-0.2, 0) is 0 Å². The van der Waals surface area contributed by atoms with Gasteiger partial charge in [-0.3, -0.25) is 10.1 Å². The molecule has 94 valence electrons. The van der Waals surface area contributed by atoms with Gasteiger partial charge in [-0.25, -0.2) is 0 Å². The maximum Gasteiger partial charge on any atom is 0.0912 e. The molecule has 0 unspecified atom stereocenters. The number of hydrogen-bond acceptors (Lipinski definition) is 3. The Morgan fingerprint density at radius 2 is 1.74 bits per heavy atom. The van der Waals surface area contributed by atoms with Crippen LogP contribution in [0.5, 0.6) is 0 Å². The molecule has 3 rings (SSSR count). The van der Waals surface area contributed by atoms with E-state index in [-0.39, 0.29) is 6.04 Å². The molecule has 4 nitrogen and oxygen atoms in total. The van der Waals surface area contributed by atoms with Crippen LogP contribution in [0.1, 0.15) is 17.3 Å². The highest BCUT2D eigenvalue weighted by molar-refractivity contribution is 5.65. The zero-order chi connectivity index (χ0) is 13.1. The second-order valence-electron chi connectivity index (χ2n) is 4.31. The van der Waals surface area contributed by atoms with E-state index in [1.54, 1.807) is 12.4 Å². The molecular weight excluding hydrogens is 236 g/mol. The highest BCUT2D eigenvalue weighted by Crippen LogP contribution is 2.28. The van der Waals surface area contributed by atoms with Crippen molar-refractivity contribution < 1.29 is 0 Å². The summed E-state index contributed by atoms with van der Waals surface area (Å²) in [5.74, 6) is 0. The average Bonchev–Trinajstić information content (AvgIpc) is 2.98. The van der Waals surface area contributed by atoms with Crippen LogP contribution in [0.3, 0.4) is 0 Å². The van der Waals surface area contributed by atoms with Gasteiger partial charge in [0.25, 0.3) is 0 Å². The molecular formula is C15H14N4. The van der Waals surface area contributed by atoms with Gasteiger partial charge in [0.05, 0.1) is 11.7 Å². The Morgan fingerprint density at radius 1 is 1.00 bits per heavy atom. The van der Waals surface area contributed by atoms with Gasteiger partial charge >= 0.3 is 0 Å². The zero-order valence-corrected chi connectivity index (χ0v) is 10.3. The minimum atomic E-state index is -0.240. The number of aromatic amines is 1. The Bertz CT molecular complexity index is 646.